The maximum atomic E-state index is 13.0. The van der Waals surface area contributed by atoms with E-state index in [1.54, 1.807) is 65.5 Å². The molecule has 7 aromatic rings. The van der Waals surface area contributed by atoms with E-state index in [1.165, 1.54) is 40.9 Å². The van der Waals surface area contributed by atoms with Gasteiger partial charge in [0.2, 0.25) is 0 Å². The largest absolute Gasteiger partial charge is 0.478 e. The topological polar surface area (TPSA) is 101 Å². The molecule has 1 amide bonds. The Morgan fingerprint density at radius 1 is 0.600 bits per heavy atom. The zero-order valence-corrected chi connectivity index (χ0v) is 25.4. The van der Waals surface area contributed by atoms with Crippen molar-refractivity contribution in [2.75, 3.05) is 5.32 Å². The molecule has 0 atom stereocenters. The Morgan fingerprint density at radius 2 is 1.08 bits per heavy atom. The van der Waals surface area contributed by atoms with Gasteiger partial charge in [-0.05, 0) is 60.7 Å². The Kier molecular flexibility index (Phi) is 8.85. The molecule has 0 unspecified atom stereocenters. The van der Waals surface area contributed by atoms with Gasteiger partial charge < -0.3 is 19.2 Å². The van der Waals surface area contributed by atoms with Gasteiger partial charge in [0, 0.05) is 41.6 Å². The highest BCUT2D eigenvalue weighted by Gasteiger charge is 2.31. The highest BCUT2D eigenvalue weighted by atomic mass is 19.4. The number of anilines is 1. The number of carbonyl (C=O) groups is 2. The SMILES string of the molecule is O=C(Nc1ccccc1)c1cccn2cc(-c3cccc(C(F)(F)F)c3)nc12.O=C(O)c1cccn2cc(-c3cccc(C(F)(F)F)c3)nc12. The molecule has 3 aromatic carbocycles. The fourth-order valence-electron chi connectivity index (χ4n) is 5.08. The molecular formula is C36H23F6N5O3. The fraction of sp³-hybridized carbons (Fsp3) is 0.0556. The molecule has 50 heavy (non-hydrogen) atoms. The molecule has 0 saturated heterocycles. The molecule has 0 spiro atoms. The van der Waals surface area contributed by atoms with Crippen LogP contribution >= 0.6 is 0 Å². The fourth-order valence-corrected chi connectivity index (χ4v) is 5.08. The lowest BCUT2D eigenvalue weighted by molar-refractivity contribution is -0.138. The minimum Gasteiger partial charge on any atom is -0.478 e. The second-order valence-electron chi connectivity index (χ2n) is 10.8. The van der Waals surface area contributed by atoms with E-state index in [0.717, 1.165) is 24.3 Å². The van der Waals surface area contributed by atoms with E-state index in [0.29, 0.717) is 28.2 Å². The number of aromatic carboxylic acids is 1. The molecular weight excluding hydrogens is 664 g/mol. The van der Waals surface area contributed by atoms with E-state index >= 15 is 0 Å². The summed E-state index contributed by atoms with van der Waals surface area (Å²) in [5, 5.41) is 11.9. The second kappa shape index (κ2) is 13.2. The lowest BCUT2D eigenvalue weighted by Gasteiger charge is -2.07. The average Bonchev–Trinajstić information content (AvgIpc) is 3.73. The van der Waals surface area contributed by atoms with Crippen molar-refractivity contribution in [1.82, 2.24) is 18.8 Å². The van der Waals surface area contributed by atoms with Crippen molar-refractivity contribution >= 4 is 28.9 Å². The Bertz CT molecular complexity index is 2350. The number of carbonyl (C=O) groups excluding carboxylic acids is 1. The molecule has 0 aliphatic rings. The van der Waals surface area contributed by atoms with E-state index in [9.17, 15) is 35.9 Å². The summed E-state index contributed by atoms with van der Waals surface area (Å²) in [6.45, 7) is 0. The number of carboxylic acid groups (broad SMARTS) is 1. The summed E-state index contributed by atoms with van der Waals surface area (Å²) in [7, 11) is 0. The Balaban J connectivity index is 0.000000178. The molecule has 0 aliphatic heterocycles. The van der Waals surface area contributed by atoms with Crippen LogP contribution in [0.4, 0.5) is 32.0 Å². The van der Waals surface area contributed by atoms with Crippen LogP contribution in [0.5, 0.6) is 0 Å². The molecule has 0 saturated carbocycles. The van der Waals surface area contributed by atoms with Crippen LogP contribution in [0.1, 0.15) is 31.8 Å². The number of halogens is 6. The molecule has 14 heteroatoms. The summed E-state index contributed by atoms with van der Waals surface area (Å²) in [6, 6.07) is 24.9. The van der Waals surface area contributed by atoms with Crippen LogP contribution in [0.3, 0.4) is 0 Å². The third-order valence-corrected chi connectivity index (χ3v) is 7.44. The van der Waals surface area contributed by atoms with Crippen molar-refractivity contribution in [2.24, 2.45) is 0 Å². The molecule has 0 bridgehead atoms. The van der Waals surface area contributed by atoms with Gasteiger partial charge in [-0.15, -0.1) is 0 Å². The third kappa shape index (κ3) is 7.18. The van der Waals surface area contributed by atoms with Gasteiger partial charge in [-0.25, -0.2) is 14.8 Å². The van der Waals surface area contributed by atoms with Crippen molar-refractivity contribution in [3.63, 3.8) is 0 Å². The number of fused-ring (bicyclic) bond motifs is 2. The van der Waals surface area contributed by atoms with Crippen LogP contribution in [0.25, 0.3) is 33.8 Å². The van der Waals surface area contributed by atoms with Crippen LogP contribution < -0.4 is 5.32 Å². The lowest BCUT2D eigenvalue weighted by Crippen LogP contribution is -2.13. The first-order valence-electron chi connectivity index (χ1n) is 14.7. The number of hydrogen-bond acceptors (Lipinski definition) is 4. The summed E-state index contributed by atoms with van der Waals surface area (Å²) < 4.78 is 80.3. The first kappa shape index (κ1) is 33.5. The highest BCUT2D eigenvalue weighted by molar-refractivity contribution is 6.08. The number of pyridine rings is 2. The van der Waals surface area contributed by atoms with Crippen LogP contribution in [-0.2, 0) is 12.4 Å². The van der Waals surface area contributed by atoms with Gasteiger partial charge in [0.25, 0.3) is 5.91 Å². The summed E-state index contributed by atoms with van der Waals surface area (Å²) in [6.07, 6.45) is -2.50. The summed E-state index contributed by atoms with van der Waals surface area (Å²) in [5.74, 6) is -1.50. The average molecular weight is 688 g/mol. The number of rotatable bonds is 5. The van der Waals surface area contributed by atoms with Crippen LogP contribution in [-0.4, -0.2) is 35.8 Å². The predicted octanol–water partition coefficient (Wildman–Crippen LogP) is 8.99. The zero-order valence-electron chi connectivity index (χ0n) is 25.4. The van der Waals surface area contributed by atoms with Crippen molar-refractivity contribution in [2.45, 2.75) is 12.4 Å². The Morgan fingerprint density at radius 3 is 1.56 bits per heavy atom. The first-order valence-corrected chi connectivity index (χ1v) is 14.7. The highest BCUT2D eigenvalue weighted by Crippen LogP contribution is 2.33. The van der Waals surface area contributed by atoms with Crippen molar-refractivity contribution in [3.8, 4) is 22.5 Å². The number of hydrogen-bond donors (Lipinski definition) is 2. The maximum absolute atomic E-state index is 13.0. The van der Waals surface area contributed by atoms with Crippen LogP contribution in [0.15, 0.2) is 128 Å². The van der Waals surface area contributed by atoms with Crippen LogP contribution in [0, 0.1) is 0 Å². The molecule has 0 radical (unpaired) electrons. The van der Waals surface area contributed by atoms with Gasteiger partial charge in [-0.2, -0.15) is 26.3 Å². The number of benzene rings is 3. The van der Waals surface area contributed by atoms with Gasteiger partial charge in [-0.3, -0.25) is 4.79 Å². The third-order valence-electron chi connectivity index (χ3n) is 7.44. The summed E-state index contributed by atoms with van der Waals surface area (Å²) >= 11 is 0. The monoisotopic (exact) mass is 687 g/mol. The number of nitrogens with zero attached hydrogens (tertiary/aromatic N) is 4. The molecule has 2 N–H and O–H groups in total. The number of imidazole rings is 2. The van der Waals surface area contributed by atoms with Gasteiger partial charge in [0.05, 0.1) is 28.1 Å². The van der Waals surface area contributed by atoms with Gasteiger partial charge in [0.1, 0.15) is 11.2 Å². The van der Waals surface area contributed by atoms with Crippen molar-refractivity contribution in [1.29, 1.82) is 0 Å². The Hall–Kier alpha value is -6.44. The van der Waals surface area contributed by atoms with Crippen LogP contribution in [0.2, 0.25) is 0 Å². The molecule has 4 heterocycles. The smallest absolute Gasteiger partial charge is 0.416 e. The van der Waals surface area contributed by atoms with Crippen molar-refractivity contribution in [3.05, 3.63) is 150 Å². The van der Waals surface area contributed by atoms with Crippen molar-refractivity contribution < 1.29 is 41.0 Å². The first-order chi connectivity index (χ1) is 23.8. The number of alkyl halides is 6. The van der Waals surface area contributed by atoms with E-state index in [2.05, 4.69) is 15.3 Å². The van der Waals surface area contributed by atoms with E-state index in [4.69, 9.17) is 5.11 Å². The quantitative estimate of drug-likeness (QED) is 0.176. The molecule has 252 valence electrons. The lowest BCUT2D eigenvalue weighted by atomic mass is 10.1. The zero-order chi connectivity index (χ0) is 35.6. The summed E-state index contributed by atoms with van der Waals surface area (Å²) in [4.78, 5) is 32.3. The molecule has 0 fully saturated rings. The minimum absolute atomic E-state index is 0.0132. The molecule has 8 nitrogen and oxygen atoms in total. The van der Waals surface area contributed by atoms with Gasteiger partial charge in [-0.1, -0.05) is 42.5 Å². The van der Waals surface area contributed by atoms with Gasteiger partial charge in [0.15, 0.2) is 5.65 Å². The van der Waals surface area contributed by atoms with E-state index in [-0.39, 0.29) is 28.4 Å². The number of carboxylic acids is 1. The van der Waals surface area contributed by atoms with Gasteiger partial charge >= 0.3 is 18.3 Å². The number of aromatic nitrogens is 4. The molecule has 7 rings (SSSR count). The predicted molar refractivity (Wildman–Crippen MR) is 173 cm³/mol. The summed E-state index contributed by atoms with van der Waals surface area (Å²) in [5.41, 5.74) is 1.20. The van der Waals surface area contributed by atoms with E-state index in [1.807, 2.05) is 6.07 Å². The number of amides is 1. The normalized spacial score (nSPS) is 11.6. The minimum atomic E-state index is -4.44. The second-order valence-corrected chi connectivity index (χ2v) is 10.8. The molecule has 4 aromatic heterocycles. The van der Waals surface area contributed by atoms with E-state index < -0.39 is 29.4 Å². The number of para-hydroxylation sites is 1. The maximum Gasteiger partial charge on any atom is 0.416 e. The standard InChI is InChI=1S/C21H14F3N3O.C15H9F3N2O2/c22-21(23,24)15-7-4-6-14(12-15)18-13-27-11-5-10-17(19(27)26-18)20(28)25-16-8-2-1-3-9-16;16-15(17,18)10-4-1-3-9(7-10)12-8-20-6-2-5-11(14(21)22)13(20)19-12/h1-13H,(H,25,28);1-8H,(H,21,22). The number of nitrogens with one attached hydrogen (secondary N) is 1. The Labute approximate surface area is 278 Å². The molecule has 0 aliphatic carbocycles.